The van der Waals surface area contributed by atoms with E-state index in [4.69, 9.17) is 0 Å². The molecule has 6 aliphatic rings. The first-order valence-electron chi connectivity index (χ1n) is 32.7. The van der Waals surface area contributed by atoms with Crippen LogP contribution in [0.25, 0.3) is 0 Å². The molecular weight excluding hydrogens is 1100 g/mol. The van der Waals surface area contributed by atoms with Gasteiger partial charge < -0.3 is 25.5 Å². The smallest absolute Gasteiger partial charge is 0.453 e. The van der Waals surface area contributed by atoms with Crippen LogP contribution in [0.15, 0.2) is 36.4 Å². The third-order valence-corrected chi connectivity index (χ3v) is 22.5. The number of unbranched alkanes of at least 4 members (excludes halogenated alkanes) is 12. The van der Waals surface area contributed by atoms with Gasteiger partial charge in [-0.15, -0.1) is 0 Å². The third kappa shape index (κ3) is 16.7. The Kier molecular flexibility index (Phi) is 23.8. The van der Waals surface area contributed by atoms with Gasteiger partial charge in [-0.2, -0.15) is 43.9 Å². The number of rotatable bonds is 29. The Labute approximate surface area is 494 Å². The first kappa shape index (κ1) is 68.2. The van der Waals surface area contributed by atoms with Crippen LogP contribution in [0.3, 0.4) is 0 Å². The average molecular weight is 1200 g/mol. The highest BCUT2D eigenvalue weighted by atomic mass is 19.4. The van der Waals surface area contributed by atoms with Crippen molar-refractivity contribution in [2.45, 2.75) is 287 Å². The predicted octanol–water partition coefficient (Wildman–Crippen LogP) is 19.8. The number of phenols is 2. The van der Waals surface area contributed by atoms with Gasteiger partial charge in [0, 0.05) is 12.8 Å². The van der Waals surface area contributed by atoms with Crippen molar-refractivity contribution in [2.75, 3.05) is 0 Å². The zero-order chi connectivity index (χ0) is 61.3. The van der Waals surface area contributed by atoms with Crippen LogP contribution in [-0.2, 0) is 17.6 Å². The summed E-state index contributed by atoms with van der Waals surface area (Å²) in [7, 11) is 0. The van der Waals surface area contributed by atoms with E-state index < -0.39 is 55.3 Å². The lowest BCUT2D eigenvalue weighted by Crippen LogP contribution is -2.47. The maximum Gasteiger partial charge on any atom is 0.453 e. The Morgan fingerprint density at radius 2 is 0.869 bits per heavy atom. The fraction of sp³-hybridized carbons (Fsp3) is 0.809. The van der Waals surface area contributed by atoms with E-state index in [0.29, 0.717) is 78.1 Å². The lowest BCUT2D eigenvalue weighted by molar-refractivity contribution is -0.284. The molecule has 478 valence electrons. The molecule has 16 heteroatoms. The lowest BCUT2D eigenvalue weighted by atomic mass is 9.52. The van der Waals surface area contributed by atoms with E-state index in [1.165, 1.54) is 54.4 Å². The number of hydrogen-bond donors (Lipinski definition) is 5. The van der Waals surface area contributed by atoms with Gasteiger partial charge in [-0.3, -0.25) is 4.79 Å². The molecule has 0 bridgehead atoms. The average Bonchev–Trinajstić information content (AvgIpc) is 1.53. The van der Waals surface area contributed by atoms with Crippen LogP contribution < -0.4 is 0 Å². The number of halogens is 10. The zero-order valence-corrected chi connectivity index (χ0v) is 50.4. The molecule has 14 atom stereocenters. The summed E-state index contributed by atoms with van der Waals surface area (Å²) in [6, 6.07) is 11.9. The summed E-state index contributed by atoms with van der Waals surface area (Å²) in [5, 5.41) is 51.4. The van der Waals surface area contributed by atoms with Gasteiger partial charge in [0.25, 0.3) is 0 Å². The molecule has 0 saturated heterocycles. The van der Waals surface area contributed by atoms with Crippen LogP contribution in [0.1, 0.15) is 260 Å². The van der Waals surface area contributed by atoms with E-state index in [1.807, 2.05) is 31.2 Å². The van der Waals surface area contributed by atoms with Gasteiger partial charge in [0.05, 0.1) is 18.1 Å². The van der Waals surface area contributed by atoms with Crippen molar-refractivity contribution in [3.8, 4) is 11.5 Å². The topological polar surface area (TPSA) is 118 Å². The molecule has 6 nitrogen and oxygen atoms in total. The summed E-state index contributed by atoms with van der Waals surface area (Å²) in [6.45, 7) is 6.56. The Balaban J connectivity index is 0.000000241. The zero-order valence-electron chi connectivity index (χ0n) is 50.4. The van der Waals surface area contributed by atoms with Crippen LogP contribution in [0.4, 0.5) is 43.9 Å². The number of carboxylic acid groups (broad SMARTS) is 1. The molecule has 0 heterocycles. The van der Waals surface area contributed by atoms with Gasteiger partial charge in [-0.05, 0) is 213 Å². The van der Waals surface area contributed by atoms with Crippen LogP contribution >= 0.6 is 0 Å². The minimum atomic E-state index is -5.60. The molecule has 4 saturated carbocycles. The van der Waals surface area contributed by atoms with Gasteiger partial charge in [0.15, 0.2) is 0 Å². The van der Waals surface area contributed by atoms with Crippen LogP contribution in [0.2, 0.25) is 0 Å². The van der Waals surface area contributed by atoms with Crippen molar-refractivity contribution in [3.05, 3.63) is 58.7 Å². The molecule has 0 aromatic heterocycles. The molecule has 8 rings (SSSR count). The number of carbonyl (C=O) groups is 1. The fourth-order valence-corrected chi connectivity index (χ4v) is 17.6. The number of phenolic OH excluding ortho intramolecular Hbond substituents is 2. The van der Waals surface area contributed by atoms with Gasteiger partial charge in [0.1, 0.15) is 11.5 Å². The highest BCUT2D eigenvalue weighted by Gasteiger charge is 2.60. The maximum absolute atomic E-state index is 13.1. The molecule has 0 amide bonds. The molecule has 0 radical (unpaired) electrons. The number of carboxylic acids is 1. The van der Waals surface area contributed by atoms with E-state index >= 15 is 0 Å². The Bertz CT molecular complexity index is 2380. The molecule has 4 fully saturated rings. The van der Waals surface area contributed by atoms with Crippen molar-refractivity contribution < 1.29 is 74.2 Å². The quantitative estimate of drug-likeness (QED) is 0.0409. The number of fused-ring (bicyclic) bond motifs is 10. The molecule has 0 spiro atoms. The van der Waals surface area contributed by atoms with Crippen LogP contribution in [0.5, 0.6) is 11.5 Å². The van der Waals surface area contributed by atoms with Crippen molar-refractivity contribution >= 4 is 5.97 Å². The van der Waals surface area contributed by atoms with Crippen molar-refractivity contribution in [3.63, 3.8) is 0 Å². The van der Waals surface area contributed by atoms with Gasteiger partial charge >= 0.3 is 30.2 Å². The monoisotopic (exact) mass is 1200 g/mol. The molecule has 84 heavy (non-hydrogen) atoms. The Morgan fingerprint density at radius 3 is 1.27 bits per heavy atom. The minimum Gasteiger partial charge on any atom is -0.508 e. The Morgan fingerprint density at radius 1 is 0.512 bits per heavy atom. The summed E-state index contributed by atoms with van der Waals surface area (Å²) < 4.78 is 126. The number of hydrogen-bond acceptors (Lipinski definition) is 5. The van der Waals surface area contributed by atoms with E-state index in [2.05, 4.69) is 26.0 Å². The SMILES string of the molecule is CC(CCCCCCCCC[C@@H]1Cc2cc(O)ccc2C2CC[C@@]3(C)C(CC[C@@H]3O)C21)CCCC(F)(F)C(F)(F)F.C[C@]12CCC3c4ccc(O)cc4C[C@@H](CCCCCCCCCC(CCCC(F)(F)C(F)(F)F)C(=O)O)C3C1CC[C@@H]2O. The number of aliphatic hydroxyl groups is 2. The van der Waals surface area contributed by atoms with E-state index in [1.54, 1.807) is 0 Å². The lowest BCUT2D eigenvalue weighted by Gasteiger charge is -2.53. The van der Waals surface area contributed by atoms with E-state index in [9.17, 15) is 74.2 Å². The van der Waals surface area contributed by atoms with Crippen molar-refractivity contribution in [1.82, 2.24) is 0 Å². The summed E-state index contributed by atoms with van der Waals surface area (Å²) >= 11 is 0. The Hall–Kier alpha value is -3.27. The van der Waals surface area contributed by atoms with Gasteiger partial charge in [-0.25, -0.2) is 0 Å². The van der Waals surface area contributed by atoms with Crippen LogP contribution in [-0.4, -0.2) is 67.9 Å². The van der Waals surface area contributed by atoms with E-state index in [0.717, 1.165) is 135 Å². The number of aliphatic hydroxyl groups excluding tert-OH is 2. The second kappa shape index (κ2) is 29.4. The van der Waals surface area contributed by atoms with Gasteiger partial charge in [-0.1, -0.05) is 136 Å². The highest BCUT2D eigenvalue weighted by molar-refractivity contribution is 5.69. The van der Waals surface area contributed by atoms with E-state index in [-0.39, 0.29) is 41.8 Å². The normalized spacial score (nSPS) is 30.0. The van der Waals surface area contributed by atoms with Crippen molar-refractivity contribution in [1.29, 1.82) is 0 Å². The third-order valence-electron chi connectivity index (χ3n) is 22.5. The second-order valence-corrected chi connectivity index (χ2v) is 28.0. The van der Waals surface area contributed by atoms with Crippen molar-refractivity contribution in [2.24, 2.45) is 58.2 Å². The largest absolute Gasteiger partial charge is 0.508 e. The summed E-state index contributed by atoms with van der Waals surface area (Å²) in [4.78, 5) is 11.5. The predicted molar refractivity (Wildman–Crippen MR) is 308 cm³/mol. The van der Waals surface area contributed by atoms with Crippen LogP contribution in [0, 0.1) is 58.2 Å². The highest BCUT2D eigenvalue weighted by Crippen LogP contribution is 2.64. The first-order chi connectivity index (χ1) is 39.6. The fourth-order valence-electron chi connectivity index (χ4n) is 17.6. The molecule has 6 aliphatic carbocycles. The second-order valence-electron chi connectivity index (χ2n) is 28.0. The number of alkyl halides is 10. The minimum absolute atomic E-state index is 0.00162. The maximum atomic E-state index is 13.1. The number of benzene rings is 2. The number of aliphatic carboxylic acids is 1. The van der Waals surface area contributed by atoms with Gasteiger partial charge in [0.2, 0.25) is 0 Å². The summed E-state index contributed by atoms with van der Waals surface area (Å²) in [6.07, 6.45) is 14.3. The molecular formula is C68H100F10O6. The molecule has 2 aromatic rings. The molecule has 5 N–H and O–H groups in total. The summed E-state index contributed by atoms with van der Waals surface area (Å²) in [5.41, 5.74) is 5.47. The standard InChI is InChI=1S/C34H49F5O4.C34H51F5O2/c1-32-19-17-27-26-14-13-25(40)21-24(26)20-23(30(27)28(32)15-16-29(32)41)11-8-6-4-2-3-5-7-10-22(31(42)43)12-9-18-33(35,36)34(37,38)39;1-23(12-10-19-33(35,36)34(37,38)39)11-8-6-4-3-5-7-9-13-24-21-25-22-26(40)14-15-27(25)28-18-20-32(2)29(31(24)28)16-17-30(32)41/h13-14,21-23,27-30,40-41H,2-12,15-20H2,1H3,(H,42,43);14-15,22-24,28-31,40-41H,3-13,16-21H2,1-2H3/t22?,23-,27?,28?,29+,30?,32+;23?,24-,28?,29?,30+,31?,32+/m11/s1. The number of aromatic hydroxyl groups is 2. The summed E-state index contributed by atoms with van der Waals surface area (Å²) in [5.74, 6) is -6.07. The molecule has 8 unspecified atom stereocenters. The molecule has 2 aromatic carbocycles. The first-order valence-corrected chi connectivity index (χ1v) is 32.7. The molecule has 0 aliphatic heterocycles.